The Bertz CT molecular complexity index is 212. The molecule has 5 heteroatoms. The van der Waals surface area contributed by atoms with Crippen LogP contribution >= 0.6 is 0 Å². The first kappa shape index (κ1) is 14.8. The number of hydrogen-bond donors (Lipinski definition) is 1. The SMILES string of the molecule is CC1(CNCCOCC(F)(F)F)CCCCC1. The quantitative estimate of drug-likeness (QED) is 0.734. The highest BCUT2D eigenvalue weighted by Gasteiger charge is 2.28. The molecule has 1 saturated carbocycles. The number of ether oxygens (including phenoxy) is 1. The van der Waals surface area contributed by atoms with Gasteiger partial charge in [-0.05, 0) is 18.3 Å². The second-order valence-electron chi connectivity index (χ2n) is 5.22. The second-order valence-corrected chi connectivity index (χ2v) is 5.22. The average Bonchev–Trinajstić information content (AvgIpc) is 2.23. The Kier molecular flexibility index (Phi) is 5.73. The van der Waals surface area contributed by atoms with Gasteiger partial charge in [0.1, 0.15) is 6.61 Å². The van der Waals surface area contributed by atoms with E-state index in [2.05, 4.69) is 17.0 Å². The van der Waals surface area contributed by atoms with Crippen LogP contribution in [0.4, 0.5) is 13.2 Å². The van der Waals surface area contributed by atoms with Crippen molar-refractivity contribution >= 4 is 0 Å². The lowest BCUT2D eigenvalue weighted by atomic mass is 9.76. The van der Waals surface area contributed by atoms with Gasteiger partial charge in [-0.2, -0.15) is 13.2 Å². The lowest BCUT2D eigenvalue weighted by molar-refractivity contribution is -0.173. The van der Waals surface area contributed by atoms with Crippen molar-refractivity contribution in [1.29, 1.82) is 0 Å². The molecule has 0 aromatic heterocycles. The highest BCUT2D eigenvalue weighted by molar-refractivity contribution is 4.80. The van der Waals surface area contributed by atoms with Crippen LogP contribution in [0.15, 0.2) is 0 Å². The van der Waals surface area contributed by atoms with Gasteiger partial charge in [0.2, 0.25) is 0 Å². The molecule has 0 heterocycles. The van der Waals surface area contributed by atoms with Crippen molar-refractivity contribution in [1.82, 2.24) is 5.32 Å². The van der Waals surface area contributed by atoms with Crippen LogP contribution in [-0.2, 0) is 4.74 Å². The van der Waals surface area contributed by atoms with Crippen molar-refractivity contribution in [2.75, 3.05) is 26.3 Å². The van der Waals surface area contributed by atoms with Crippen LogP contribution in [0.3, 0.4) is 0 Å². The molecule has 0 spiro atoms. The number of nitrogens with one attached hydrogen (secondary N) is 1. The molecular weight excluding hydrogens is 231 g/mol. The molecule has 0 aromatic rings. The molecule has 2 nitrogen and oxygen atoms in total. The zero-order valence-corrected chi connectivity index (χ0v) is 10.4. The van der Waals surface area contributed by atoms with Crippen LogP contribution in [0.2, 0.25) is 0 Å². The van der Waals surface area contributed by atoms with Gasteiger partial charge in [-0.25, -0.2) is 0 Å². The summed E-state index contributed by atoms with van der Waals surface area (Å²) in [4.78, 5) is 0. The first-order valence-corrected chi connectivity index (χ1v) is 6.27. The zero-order valence-electron chi connectivity index (χ0n) is 10.4. The third kappa shape index (κ3) is 6.88. The summed E-state index contributed by atoms with van der Waals surface area (Å²) in [6.07, 6.45) is 2.05. The normalized spacial score (nSPS) is 20.5. The fourth-order valence-corrected chi connectivity index (χ4v) is 2.30. The van der Waals surface area contributed by atoms with Crippen molar-refractivity contribution in [3.05, 3.63) is 0 Å². The van der Waals surface area contributed by atoms with E-state index in [0.717, 1.165) is 6.54 Å². The van der Waals surface area contributed by atoms with Crippen LogP contribution in [0.5, 0.6) is 0 Å². The maximum atomic E-state index is 11.8. The van der Waals surface area contributed by atoms with E-state index in [0.29, 0.717) is 12.0 Å². The summed E-state index contributed by atoms with van der Waals surface area (Å²) >= 11 is 0. The van der Waals surface area contributed by atoms with Crippen molar-refractivity contribution < 1.29 is 17.9 Å². The molecule has 1 rings (SSSR count). The third-order valence-electron chi connectivity index (χ3n) is 3.30. The zero-order chi connectivity index (χ0) is 12.8. The van der Waals surface area contributed by atoms with Crippen LogP contribution in [0.25, 0.3) is 0 Å². The summed E-state index contributed by atoms with van der Waals surface area (Å²) in [6.45, 7) is 2.59. The summed E-state index contributed by atoms with van der Waals surface area (Å²) in [5.74, 6) is 0. The second kappa shape index (κ2) is 6.59. The van der Waals surface area contributed by atoms with E-state index in [1.165, 1.54) is 32.1 Å². The molecule has 0 aromatic carbocycles. The molecule has 1 N–H and O–H groups in total. The van der Waals surface area contributed by atoms with Gasteiger partial charge in [0.15, 0.2) is 0 Å². The Morgan fingerprint density at radius 1 is 1.18 bits per heavy atom. The summed E-state index contributed by atoms with van der Waals surface area (Å²) in [6, 6.07) is 0. The molecule has 0 radical (unpaired) electrons. The van der Waals surface area contributed by atoms with Gasteiger partial charge in [-0.15, -0.1) is 0 Å². The molecule has 17 heavy (non-hydrogen) atoms. The van der Waals surface area contributed by atoms with Crippen LogP contribution < -0.4 is 5.32 Å². The van der Waals surface area contributed by atoms with Gasteiger partial charge >= 0.3 is 6.18 Å². The summed E-state index contributed by atoms with van der Waals surface area (Å²) < 4.78 is 39.8. The minimum Gasteiger partial charge on any atom is -0.371 e. The summed E-state index contributed by atoms with van der Waals surface area (Å²) in [5, 5.41) is 3.19. The molecule has 0 amide bonds. The molecule has 0 aliphatic heterocycles. The maximum Gasteiger partial charge on any atom is 0.411 e. The van der Waals surface area contributed by atoms with Crippen LogP contribution in [0, 0.1) is 5.41 Å². The topological polar surface area (TPSA) is 21.3 Å². The molecule has 102 valence electrons. The van der Waals surface area contributed by atoms with Gasteiger partial charge in [0, 0.05) is 13.1 Å². The lowest BCUT2D eigenvalue weighted by Gasteiger charge is -2.33. The summed E-state index contributed by atoms with van der Waals surface area (Å²) in [7, 11) is 0. The Morgan fingerprint density at radius 2 is 1.82 bits per heavy atom. The van der Waals surface area contributed by atoms with Gasteiger partial charge in [-0.3, -0.25) is 0 Å². The molecule has 0 unspecified atom stereocenters. The molecule has 1 fully saturated rings. The van der Waals surface area contributed by atoms with E-state index < -0.39 is 12.8 Å². The van der Waals surface area contributed by atoms with E-state index >= 15 is 0 Å². The van der Waals surface area contributed by atoms with E-state index in [-0.39, 0.29) is 6.61 Å². The maximum absolute atomic E-state index is 11.8. The van der Waals surface area contributed by atoms with Crippen molar-refractivity contribution in [3.8, 4) is 0 Å². The van der Waals surface area contributed by atoms with Crippen LogP contribution in [-0.4, -0.2) is 32.5 Å². The standard InChI is InChI=1S/C12H22F3NO/c1-11(5-3-2-4-6-11)9-16-7-8-17-10-12(13,14)15/h16H,2-10H2,1H3. The average molecular weight is 253 g/mol. The summed E-state index contributed by atoms with van der Waals surface area (Å²) in [5.41, 5.74) is 0.322. The van der Waals surface area contributed by atoms with Crippen molar-refractivity contribution in [2.45, 2.75) is 45.2 Å². The van der Waals surface area contributed by atoms with Crippen molar-refractivity contribution in [2.24, 2.45) is 5.41 Å². The van der Waals surface area contributed by atoms with Gasteiger partial charge in [0.25, 0.3) is 0 Å². The Labute approximate surface area is 101 Å². The number of rotatable bonds is 6. The monoisotopic (exact) mass is 253 g/mol. The lowest BCUT2D eigenvalue weighted by Crippen LogP contribution is -2.35. The number of alkyl halides is 3. The molecule has 0 atom stereocenters. The highest BCUT2D eigenvalue weighted by atomic mass is 19.4. The molecule has 0 bridgehead atoms. The Hall–Kier alpha value is -0.290. The molecule has 1 aliphatic rings. The Morgan fingerprint density at radius 3 is 2.41 bits per heavy atom. The Balaban J connectivity index is 2.00. The molecular formula is C12H22F3NO. The smallest absolute Gasteiger partial charge is 0.371 e. The first-order valence-electron chi connectivity index (χ1n) is 6.27. The number of halogens is 3. The molecule has 1 aliphatic carbocycles. The van der Waals surface area contributed by atoms with Crippen molar-refractivity contribution in [3.63, 3.8) is 0 Å². The first-order chi connectivity index (χ1) is 7.91. The van der Waals surface area contributed by atoms with Gasteiger partial charge < -0.3 is 10.1 Å². The third-order valence-corrected chi connectivity index (χ3v) is 3.30. The fourth-order valence-electron chi connectivity index (χ4n) is 2.30. The van der Waals surface area contributed by atoms with E-state index in [1.807, 2.05) is 0 Å². The van der Waals surface area contributed by atoms with Crippen LogP contribution in [0.1, 0.15) is 39.0 Å². The fraction of sp³-hybridized carbons (Fsp3) is 1.00. The van der Waals surface area contributed by atoms with Gasteiger partial charge in [0.05, 0.1) is 6.61 Å². The largest absolute Gasteiger partial charge is 0.411 e. The van der Waals surface area contributed by atoms with E-state index in [1.54, 1.807) is 0 Å². The highest BCUT2D eigenvalue weighted by Crippen LogP contribution is 2.34. The van der Waals surface area contributed by atoms with E-state index in [4.69, 9.17) is 0 Å². The minimum absolute atomic E-state index is 0.121. The molecule has 0 saturated heterocycles. The van der Waals surface area contributed by atoms with E-state index in [9.17, 15) is 13.2 Å². The van der Waals surface area contributed by atoms with Gasteiger partial charge in [-0.1, -0.05) is 26.2 Å². The predicted octanol–water partition coefficient (Wildman–Crippen LogP) is 3.13. The number of hydrogen-bond acceptors (Lipinski definition) is 2. The predicted molar refractivity (Wildman–Crippen MR) is 60.9 cm³/mol. The minimum atomic E-state index is -4.21.